The summed E-state index contributed by atoms with van der Waals surface area (Å²) in [4.78, 5) is 2.30. The molecule has 0 aromatic carbocycles. The molecular weight excluding hydrogens is 222 g/mol. The summed E-state index contributed by atoms with van der Waals surface area (Å²) in [5.74, 6) is 1.67. The lowest BCUT2D eigenvalue weighted by molar-refractivity contribution is 0.210. The fraction of sp³-hybridized carbons (Fsp3) is 0.818. The van der Waals surface area contributed by atoms with Crippen LogP contribution in [0.4, 0.5) is 5.82 Å². The van der Waals surface area contributed by atoms with Crippen molar-refractivity contribution in [2.24, 2.45) is 0 Å². The van der Waals surface area contributed by atoms with Crippen LogP contribution in [0.1, 0.15) is 39.5 Å². The van der Waals surface area contributed by atoms with Crippen LogP contribution < -0.4 is 9.64 Å². The van der Waals surface area contributed by atoms with E-state index >= 15 is 0 Å². The molecule has 90 valence electrons. The highest BCUT2D eigenvalue weighted by Crippen LogP contribution is 2.29. The summed E-state index contributed by atoms with van der Waals surface area (Å²) >= 11 is 1.25. The van der Waals surface area contributed by atoms with E-state index in [2.05, 4.69) is 27.5 Å². The van der Waals surface area contributed by atoms with E-state index in [0.29, 0.717) is 0 Å². The van der Waals surface area contributed by atoms with Crippen molar-refractivity contribution in [1.82, 2.24) is 8.75 Å². The van der Waals surface area contributed by atoms with Crippen molar-refractivity contribution in [2.45, 2.75) is 45.6 Å². The van der Waals surface area contributed by atoms with Gasteiger partial charge in [-0.3, -0.25) is 0 Å². The molecule has 1 aromatic rings. The molecule has 0 radical (unpaired) electrons. The van der Waals surface area contributed by atoms with Gasteiger partial charge in [0.15, 0.2) is 0 Å². The van der Waals surface area contributed by atoms with Crippen LogP contribution in [-0.4, -0.2) is 27.9 Å². The third-order valence-corrected chi connectivity index (χ3v) is 3.49. The molecule has 2 rings (SSSR count). The fourth-order valence-corrected chi connectivity index (χ4v) is 2.33. The summed E-state index contributed by atoms with van der Waals surface area (Å²) in [6.45, 7) is 6.36. The van der Waals surface area contributed by atoms with Crippen molar-refractivity contribution in [3.05, 3.63) is 0 Å². The Labute approximate surface area is 101 Å². The second-order valence-corrected chi connectivity index (χ2v) is 4.81. The zero-order chi connectivity index (χ0) is 11.4. The molecular formula is C11H19N3OS. The molecule has 2 heterocycles. The van der Waals surface area contributed by atoms with Crippen molar-refractivity contribution in [2.75, 3.05) is 18.0 Å². The Kier molecular flexibility index (Phi) is 3.98. The second kappa shape index (κ2) is 5.48. The Bertz CT molecular complexity index is 323. The zero-order valence-corrected chi connectivity index (χ0v) is 10.8. The Morgan fingerprint density at radius 3 is 2.75 bits per heavy atom. The monoisotopic (exact) mass is 241 g/mol. The van der Waals surface area contributed by atoms with Gasteiger partial charge in [0, 0.05) is 13.1 Å². The minimum Gasteiger partial charge on any atom is -0.471 e. The number of aromatic nitrogens is 2. The topological polar surface area (TPSA) is 38.3 Å². The van der Waals surface area contributed by atoms with E-state index in [4.69, 9.17) is 4.74 Å². The maximum Gasteiger partial charge on any atom is 0.271 e. The van der Waals surface area contributed by atoms with Crippen LogP contribution in [0.25, 0.3) is 0 Å². The molecule has 1 aliphatic heterocycles. The molecule has 1 unspecified atom stereocenters. The van der Waals surface area contributed by atoms with Gasteiger partial charge < -0.3 is 9.64 Å². The summed E-state index contributed by atoms with van der Waals surface area (Å²) in [6, 6.07) is 0. The summed E-state index contributed by atoms with van der Waals surface area (Å²) in [5, 5.41) is 0. The van der Waals surface area contributed by atoms with E-state index in [-0.39, 0.29) is 6.10 Å². The molecule has 1 aliphatic rings. The van der Waals surface area contributed by atoms with Crippen LogP contribution >= 0.6 is 11.7 Å². The van der Waals surface area contributed by atoms with Crippen LogP contribution in [0.2, 0.25) is 0 Å². The number of hydrogen-bond acceptors (Lipinski definition) is 5. The highest BCUT2D eigenvalue weighted by Gasteiger charge is 2.20. The molecule has 4 nitrogen and oxygen atoms in total. The molecule has 16 heavy (non-hydrogen) atoms. The normalized spacial score (nSPS) is 18.5. The van der Waals surface area contributed by atoms with E-state index in [0.717, 1.165) is 31.2 Å². The van der Waals surface area contributed by atoms with Gasteiger partial charge in [0.2, 0.25) is 5.82 Å². The lowest BCUT2D eigenvalue weighted by atomic mass is 10.1. The van der Waals surface area contributed by atoms with Crippen LogP contribution in [-0.2, 0) is 0 Å². The van der Waals surface area contributed by atoms with Gasteiger partial charge in [-0.15, -0.1) is 4.37 Å². The Balaban J connectivity index is 2.05. The van der Waals surface area contributed by atoms with Gasteiger partial charge in [0.1, 0.15) is 0 Å². The molecule has 0 N–H and O–H groups in total. The summed E-state index contributed by atoms with van der Waals surface area (Å²) in [6.07, 6.45) is 5.04. The standard InChI is InChI=1S/C11H19N3OS/c1-3-9(2)15-11-10(12-16-13-11)14-7-5-4-6-8-14/h9H,3-8H2,1-2H3. The third kappa shape index (κ3) is 2.64. The predicted molar refractivity (Wildman–Crippen MR) is 66.4 cm³/mol. The van der Waals surface area contributed by atoms with Crippen LogP contribution in [0.5, 0.6) is 5.88 Å². The Morgan fingerprint density at radius 2 is 2.06 bits per heavy atom. The largest absolute Gasteiger partial charge is 0.471 e. The van der Waals surface area contributed by atoms with E-state index in [1.165, 1.54) is 31.0 Å². The molecule has 0 amide bonds. The minimum absolute atomic E-state index is 0.215. The van der Waals surface area contributed by atoms with Crippen molar-refractivity contribution >= 4 is 17.5 Å². The Hall–Kier alpha value is -0.840. The summed E-state index contributed by atoms with van der Waals surface area (Å²) in [5.41, 5.74) is 0. The lowest BCUT2D eigenvalue weighted by Crippen LogP contribution is -2.30. The third-order valence-electron chi connectivity index (χ3n) is 2.99. The zero-order valence-electron chi connectivity index (χ0n) is 9.98. The fourth-order valence-electron chi connectivity index (χ4n) is 1.82. The van der Waals surface area contributed by atoms with Gasteiger partial charge in [-0.25, -0.2) is 0 Å². The van der Waals surface area contributed by atoms with E-state index < -0.39 is 0 Å². The average molecular weight is 241 g/mol. The van der Waals surface area contributed by atoms with Crippen molar-refractivity contribution in [3.63, 3.8) is 0 Å². The average Bonchev–Trinajstić information content (AvgIpc) is 2.78. The first kappa shape index (κ1) is 11.6. The smallest absolute Gasteiger partial charge is 0.271 e. The van der Waals surface area contributed by atoms with Gasteiger partial charge in [-0.05, 0) is 32.6 Å². The molecule has 1 aromatic heterocycles. The number of nitrogens with zero attached hydrogens (tertiary/aromatic N) is 3. The summed E-state index contributed by atoms with van der Waals surface area (Å²) in [7, 11) is 0. The number of rotatable bonds is 4. The van der Waals surface area contributed by atoms with Gasteiger partial charge in [-0.1, -0.05) is 6.92 Å². The maximum atomic E-state index is 5.78. The molecule has 0 saturated carbocycles. The minimum atomic E-state index is 0.215. The number of ether oxygens (including phenoxy) is 1. The first-order valence-corrected chi connectivity index (χ1v) is 6.78. The molecule has 5 heteroatoms. The maximum absolute atomic E-state index is 5.78. The molecule has 0 bridgehead atoms. The van der Waals surface area contributed by atoms with Gasteiger partial charge >= 0.3 is 0 Å². The highest BCUT2D eigenvalue weighted by molar-refractivity contribution is 6.99. The number of hydrogen-bond donors (Lipinski definition) is 0. The SMILES string of the molecule is CCC(C)Oc1nsnc1N1CCCCC1. The van der Waals surface area contributed by atoms with E-state index in [9.17, 15) is 0 Å². The van der Waals surface area contributed by atoms with Crippen LogP contribution in [0.3, 0.4) is 0 Å². The van der Waals surface area contributed by atoms with Gasteiger partial charge in [0.05, 0.1) is 17.8 Å². The first-order chi connectivity index (χ1) is 7.81. The van der Waals surface area contributed by atoms with Gasteiger partial charge in [0.25, 0.3) is 5.88 Å². The second-order valence-electron chi connectivity index (χ2n) is 4.28. The predicted octanol–water partition coefficient (Wildman–Crippen LogP) is 2.71. The first-order valence-electron chi connectivity index (χ1n) is 6.05. The summed E-state index contributed by atoms with van der Waals surface area (Å²) < 4.78 is 14.4. The van der Waals surface area contributed by atoms with Crippen molar-refractivity contribution < 1.29 is 4.74 Å². The van der Waals surface area contributed by atoms with E-state index in [1.54, 1.807) is 0 Å². The van der Waals surface area contributed by atoms with E-state index in [1.807, 2.05) is 0 Å². The lowest BCUT2D eigenvalue weighted by Gasteiger charge is -2.27. The molecule has 1 atom stereocenters. The quantitative estimate of drug-likeness (QED) is 0.812. The van der Waals surface area contributed by atoms with Crippen LogP contribution in [0, 0.1) is 0 Å². The highest BCUT2D eigenvalue weighted by atomic mass is 32.1. The number of piperidine rings is 1. The van der Waals surface area contributed by atoms with Crippen molar-refractivity contribution in [3.8, 4) is 5.88 Å². The van der Waals surface area contributed by atoms with Crippen LogP contribution in [0.15, 0.2) is 0 Å². The van der Waals surface area contributed by atoms with Gasteiger partial charge in [-0.2, -0.15) is 4.37 Å². The molecule has 1 fully saturated rings. The molecule has 1 saturated heterocycles. The molecule has 0 spiro atoms. The molecule has 0 aliphatic carbocycles. The Morgan fingerprint density at radius 1 is 1.31 bits per heavy atom. The number of anilines is 1. The van der Waals surface area contributed by atoms with Crippen molar-refractivity contribution in [1.29, 1.82) is 0 Å².